The monoisotopic (exact) mass is 335 g/mol. The van der Waals surface area contributed by atoms with Gasteiger partial charge in [0, 0.05) is 12.0 Å². The molecule has 2 heterocycles. The van der Waals surface area contributed by atoms with Gasteiger partial charge in [-0.1, -0.05) is 18.2 Å². The van der Waals surface area contributed by atoms with E-state index in [9.17, 15) is 4.79 Å². The van der Waals surface area contributed by atoms with E-state index in [2.05, 4.69) is 5.32 Å². The first-order valence-corrected chi connectivity index (χ1v) is 8.12. The quantitative estimate of drug-likeness (QED) is 0.770. The first-order valence-electron chi connectivity index (χ1n) is 8.12. The summed E-state index contributed by atoms with van der Waals surface area (Å²) >= 11 is 0. The van der Waals surface area contributed by atoms with Gasteiger partial charge in [0.2, 0.25) is 0 Å². The average Bonchev–Trinajstić information content (AvgIpc) is 3.30. The van der Waals surface area contributed by atoms with Crippen molar-refractivity contribution in [1.82, 2.24) is 5.32 Å². The van der Waals surface area contributed by atoms with Crippen molar-refractivity contribution in [2.45, 2.75) is 12.5 Å². The van der Waals surface area contributed by atoms with Gasteiger partial charge in [0.25, 0.3) is 5.91 Å². The highest BCUT2D eigenvalue weighted by molar-refractivity contribution is 5.91. The summed E-state index contributed by atoms with van der Waals surface area (Å²) in [6.07, 6.45) is 2.10. The van der Waals surface area contributed by atoms with Crippen LogP contribution in [0.3, 0.4) is 0 Å². The largest absolute Gasteiger partial charge is 0.488 e. The third kappa shape index (κ3) is 3.50. The smallest absolute Gasteiger partial charge is 0.287 e. The number of carbonyl (C=O) groups excluding carboxylic acids is 1. The van der Waals surface area contributed by atoms with E-state index in [1.807, 2.05) is 48.5 Å². The van der Waals surface area contributed by atoms with Crippen LogP contribution in [0.1, 0.15) is 16.1 Å². The summed E-state index contributed by atoms with van der Waals surface area (Å²) < 4.78 is 16.8. The number of furan rings is 1. The minimum Gasteiger partial charge on any atom is -0.488 e. The van der Waals surface area contributed by atoms with Crippen LogP contribution in [0.5, 0.6) is 17.2 Å². The maximum atomic E-state index is 11.9. The van der Waals surface area contributed by atoms with Gasteiger partial charge in [0.05, 0.1) is 12.8 Å². The zero-order valence-electron chi connectivity index (χ0n) is 13.5. The van der Waals surface area contributed by atoms with Crippen molar-refractivity contribution < 1.29 is 18.7 Å². The zero-order chi connectivity index (χ0) is 17.1. The molecule has 0 radical (unpaired) electrons. The highest BCUT2D eigenvalue weighted by Crippen LogP contribution is 2.33. The van der Waals surface area contributed by atoms with E-state index in [0.29, 0.717) is 12.3 Å². The molecule has 4 rings (SSSR count). The average molecular weight is 335 g/mol. The number of benzene rings is 2. The molecule has 0 saturated carbocycles. The Morgan fingerprint density at radius 3 is 2.76 bits per heavy atom. The SMILES string of the molecule is O=C(NC[C@@H]1Cc2cc(Oc3ccccc3)ccc2O1)c1ccco1. The summed E-state index contributed by atoms with van der Waals surface area (Å²) in [7, 11) is 0. The molecule has 2 aromatic carbocycles. The topological polar surface area (TPSA) is 60.7 Å². The van der Waals surface area contributed by atoms with Crippen LogP contribution >= 0.6 is 0 Å². The molecule has 0 spiro atoms. The normalized spacial score (nSPS) is 15.3. The standard InChI is InChI=1S/C20H17NO4/c22-20(19-7-4-10-23-19)21-13-17-12-14-11-16(8-9-18(14)25-17)24-15-5-2-1-3-6-15/h1-11,17H,12-13H2,(H,21,22)/t17-/m0/s1. The van der Waals surface area contributed by atoms with Gasteiger partial charge in [-0.2, -0.15) is 0 Å². The highest BCUT2D eigenvalue weighted by atomic mass is 16.5. The van der Waals surface area contributed by atoms with E-state index in [1.165, 1.54) is 6.26 Å². The fraction of sp³-hybridized carbons (Fsp3) is 0.150. The number of hydrogen-bond acceptors (Lipinski definition) is 4. The van der Waals surface area contributed by atoms with E-state index in [1.54, 1.807) is 12.1 Å². The van der Waals surface area contributed by atoms with Crippen molar-refractivity contribution in [3.63, 3.8) is 0 Å². The van der Waals surface area contributed by atoms with E-state index >= 15 is 0 Å². The summed E-state index contributed by atoms with van der Waals surface area (Å²) in [5, 5.41) is 2.83. The van der Waals surface area contributed by atoms with E-state index in [4.69, 9.17) is 13.9 Å². The molecule has 0 bridgehead atoms. The van der Waals surface area contributed by atoms with Crippen molar-refractivity contribution in [3.8, 4) is 17.2 Å². The summed E-state index contributed by atoms with van der Waals surface area (Å²) in [6, 6.07) is 18.7. The molecular weight excluding hydrogens is 318 g/mol. The van der Waals surface area contributed by atoms with Crippen LogP contribution < -0.4 is 14.8 Å². The summed E-state index contributed by atoms with van der Waals surface area (Å²) in [5.74, 6) is 2.46. The van der Waals surface area contributed by atoms with Crippen molar-refractivity contribution in [2.24, 2.45) is 0 Å². The summed E-state index contributed by atoms with van der Waals surface area (Å²) in [5.41, 5.74) is 1.07. The Hall–Kier alpha value is -3.21. The Labute approximate surface area is 145 Å². The first-order chi connectivity index (χ1) is 12.3. The van der Waals surface area contributed by atoms with Crippen LogP contribution in [0, 0.1) is 0 Å². The van der Waals surface area contributed by atoms with Crippen molar-refractivity contribution in [3.05, 3.63) is 78.3 Å². The number of para-hydroxylation sites is 1. The molecule has 1 aliphatic heterocycles. The Balaban J connectivity index is 1.36. The molecule has 0 fully saturated rings. The second kappa shape index (κ2) is 6.73. The van der Waals surface area contributed by atoms with Crippen LogP contribution in [-0.4, -0.2) is 18.6 Å². The number of carbonyl (C=O) groups is 1. The van der Waals surface area contributed by atoms with E-state index in [0.717, 1.165) is 29.2 Å². The zero-order valence-corrected chi connectivity index (χ0v) is 13.5. The maximum absolute atomic E-state index is 11.9. The predicted molar refractivity (Wildman–Crippen MR) is 92.1 cm³/mol. The molecule has 1 atom stereocenters. The second-order valence-electron chi connectivity index (χ2n) is 5.82. The Kier molecular flexibility index (Phi) is 4.12. The van der Waals surface area contributed by atoms with Crippen molar-refractivity contribution >= 4 is 5.91 Å². The number of nitrogens with one attached hydrogen (secondary N) is 1. The molecule has 0 aliphatic carbocycles. The van der Waals surface area contributed by atoms with Gasteiger partial charge in [-0.05, 0) is 42.5 Å². The van der Waals surface area contributed by atoms with Gasteiger partial charge in [0.1, 0.15) is 23.4 Å². The van der Waals surface area contributed by atoms with Crippen molar-refractivity contribution in [1.29, 1.82) is 0 Å². The molecule has 1 aliphatic rings. The molecule has 1 N–H and O–H groups in total. The van der Waals surface area contributed by atoms with Gasteiger partial charge in [-0.25, -0.2) is 0 Å². The number of amides is 1. The molecule has 25 heavy (non-hydrogen) atoms. The minimum atomic E-state index is -0.238. The lowest BCUT2D eigenvalue weighted by Crippen LogP contribution is -2.34. The molecule has 3 aromatic rings. The molecule has 5 heteroatoms. The van der Waals surface area contributed by atoms with Gasteiger partial charge in [-0.15, -0.1) is 0 Å². The first kappa shape index (κ1) is 15.3. The van der Waals surface area contributed by atoms with Gasteiger partial charge in [0.15, 0.2) is 5.76 Å². The number of fused-ring (bicyclic) bond motifs is 1. The molecule has 126 valence electrons. The fourth-order valence-electron chi connectivity index (χ4n) is 2.80. The molecular formula is C20H17NO4. The third-order valence-corrected chi connectivity index (χ3v) is 3.99. The molecule has 1 amide bonds. The lowest BCUT2D eigenvalue weighted by atomic mass is 10.1. The Bertz CT molecular complexity index is 859. The van der Waals surface area contributed by atoms with Gasteiger partial charge < -0.3 is 19.2 Å². The molecule has 0 unspecified atom stereocenters. The van der Waals surface area contributed by atoms with E-state index in [-0.39, 0.29) is 12.0 Å². The minimum absolute atomic E-state index is 0.0964. The lowest BCUT2D eigenvalue weighted by molar-refractivity contribution is 0.0906. The van der Waals surface area contributed by atoms with Crippen LogP contribution in [0.4, 0.5) is 0 Å². The van der Waals surface area contributed by atoms with Crippen LogP contribution in [0.2, 0.25) is 0 Å². The number of hydrogen-bond donors (Lipinski definition) is 1. The predicted octanol–water partition coefficient (Wildman–Crippen LogP) is 3.81. The van der Waals surface area contributed by atoms with Crippen LogP contribution in [-0.2, 0) is 6.42 Å². The van der Waals surface area contributed by atoms with Gasteiger partial charge in [-0.3, -0.25) is 4.79 Å². The van der Waals surface area contributed by atoms with Crippen molar-refractivity contribution in [2.75, 3.05) is 6.54 Å². The Morgan fingerprint density at radius 2 is 1.96 bits per heavy atom. The van der Waals surface area contributed by atoms with Crippen LogP contribution in [0.25, 0.3) is 0 Å². The molecule has 0 saturated heterocycles. The third-order valence-electron chi connectivity index (χ3n) is 3.99. The maximum Gasteiger partial charge on any atom is 0.287 e. The fourth-order valence-corrected chi connectivity index (χ4v) is 2.80. The van der Waals surface area contributed by atoms with Gasteiger partial charge >= 0.3 is 0 Å². The highest BCUT2D eigenvalue weighted by Gasteiger charge is 2.24. The lowest BCUT2D eigenvalue weighted by Gasteiger charge is -2.11. The van der Waals surface area contributed by atoms with E-state index < -0.39 is 0 Å². The molecule has 1 aromatic heterocycles. The summed E-state index contributed by atoms with van der Waals surface area (Å²) in [6.45, 7) is 0.420. The second-order valence-corrected chi connectivity index (χ2v) is 5.82. The molecule has 5 nitrogen and oxygen atoms in total. The van der Waals surface area contributed by atoms with Crippen LogP contribution in [0.15, 0.2) is 71.3 Å². The number of ether oxygens (including phenoxy) is 2. The summed E-state index contributed by atoms with van der Waals surface area (Å²) in [4.78, 5) is 11.9. The Morgan fingerprint density at radius 1 is 1.08 bits per heavy atom. The number of rotatable bonds is 5.